The molecule has 0 bridgehead atoms. The third kappa shape index (κ3) is 2.55. The number of hydrogen-bond acceptors (Lipinski definition) is 4. The van der Waals surface area contributed by atoms with Gasteiger partial charge in [0.1, 0.15) is 5.82 Å². The van der Waals surface area contributed by atoms with Crippen molar-refractivity contribution in [1.82, 2.24) is 4.98 Å². The number of rotatable bonds is 2. The first-order valence-electron chi connectivity index (χ1n) is 5.81. The van der Waals surface area contributed by atoms with Gasteiger partial charge >= 0.3 is 0 Å². The monoisotopic (exact) mass is 299 g/mol. The Bertz CT molecular complexity index is 411. The molecule has 1 unspecified atom stereocenters. The number of ether oxygens (including phenoxy) is 1. The molecule has 0 spiro atoms. The number of piperidine rings is 1. The predicted molar refractivity (Wildman–Crippen MR) is 73.3 cm³/mol. The molecular weight excluding hydrogens is 282 g/mol. The van der Waals surface area contributed by atoms with Gasteiger partial charge < -0.3 is 15.4 Å². The summed E-state index contributed by atoms with van der Waals surface area (Å²) in [6.45, 7) is 3.92. The molecule has 1 saturated heterocycles. The summed E-state index contributed by atoms with van der Waals surface area (Å²) in [7, 11) is 1.77. The zero-order valence-electron chi connectivity index (χ0n) is 10.2. The van der Waals surface area contributed by atoms with E-state index in [-0.39, 0.29) is 0 Å². The van der Waals surface area contributed by atoms with E-state index in [0.29, 0.717) is 6.10 Å². The minimum Gasteiger partial charge on any atom is -0.397 e. The number of anilines is 2. The van der Waals surface area contributed by atoms with Crippen LogP contribution in [-0.4, -0.2) is 31.3 Å². The second kappa shape index (κ2) is 5.23. The molecule has 2 rings (SSSR count). The third-order valence-electron chi connectivity index (χ3n) is 3.30. The molecule has 2 N–H and O–H groups in total. The van der Waals surface area contributed by atoms with Gasteiger partial charge in [0.2, 0.25) is 0 Å². The van der Waals surface area contributed by atoms with Crippen molar-refractivity contribution in [2.24, 2.45) is 0 Å². The van der Waals surface area contributed by atoms with Crippen LogP contribution in [0.1, 0.15) is 18.4 Å². The van der Waals surface area contributed by atoms with Crippen LogP contribution in [0.5, 0.6) is 0 Å². The minimum absolute atomic E-state index is 0.301. The van der Waals surface area contributed by atoms with Gasteiger partial charge in [-0.1, -0.05) is 0 Å². The fourth-order valence-corrected chi connectivity index (χ4v) is 2.70. The molecule has 0 amide bonds. The Kier molecular flexibility index (Phi) is 3.89. The number of nitrogen functional groups attached to an aromatic ring is 1. The molecule has 5 heteroatoms. The van der Waals surface area contributed by atoms with Crippen LogP contribution in [0.25, 0.3) is 0 Å². The van der Waals surface area contributed by atoms with Crippen LogP contribution in [0.3, 0.4) is 0 Å². The van der Waals surface area contributed by atoms with Gasteiger partial charge in [0.05, 0.1) is 22.5 Å². The maximum absolute atomic E-state index is 5.84. The molecule has 1 atom stereocenters. The molecule has 17 heavy (non-hydrogen) atoms. The first-order chi connectivity index (χ1) is 8.13. The van der Waals surface area contributed by atoms with E-state index >= 15 is 0 Å². The van der Waals surface area contributed by atoms with Crippen LogP contribution in [0.15, 0.2) is 10.7 Å². The lowest BCUT2D eigenvalue weighted by molar-refractivity contribution is 0.0891. The molecule has 1 aliphatic rings. The van der Waals surface area contributed by atoms with Gasteiger partial charge in [-0.25, -0.2) is 4.98 Å². The number of nitrogens with zero attached hydrogens (tertiary/aromatic N) is 2. The van der Waals surface area contributed by atoms with E-state index in [2.05, 4.69) is 25.8 Å². The van der Waals surface area contributed by atoms with Crippen LogP contribution in [-0.2, 0) is 4.74 Å². The highest BCUT2D eigenvalue weighted by molar-refractivity contribution is 9.10. The summed E-state index contributed by atoms with van der Waals surface area (Å²) in [5, 5.41) is 0. The molecule has 1 aromatic heterocycles. The Labute approximate surface area is 110 Å². The highest BCUT2D eigenvalue weighted by Gasteiger charge is 2.22. The highest BCUT2D eigenvalue weighted by atomic mass is 79.9. The summed E-state index contributed by atoms with van der Waals surface area (Å²) < 4.78 is 6.42. The van der Waals surface area contributed by atoms with Crippen molar-refractivity contribution < 1.29 is 4.74 Å². The second-order valence-corrected chi connectivity index (χ2v) is 5.22. The predicted octanol–water partition coefficient (Wildman–Crippen LogP) is 2.35. The SMILES string of the molecule is COC1CCCN(c2ncc(N)c(C)c2Br)C1. The van der Waals surface area contributed by atoms with Crippen LogP contribution >= 0.6 is 15.9 Å². The van der Waals surface area contributed by atoms with Crippen LogP contribution in [0.4, 0.5) is 11.5 Å². The smallest absolute Gasteiger partial charge is 0.143 e. The Hall–Kier alpha value is -0.810. The summed E-state index contributed by atoms with van der Waals surface area (Å²) in [6, 6.07) is 0. The zero-order valence-corrected chi connectivity index (χ0v) is 11.8. The number of halogens is 1. The van der Waals surface area contributed by atoms with E-state index < -0.39 is 0 Å². The van der Waals surface area contributed by atoms with Crippen molar-refractivity contribution >= 4 is 27.4 Å². The van der Waals surface area contributed by atoms with Crippen molar-refractivity contribution in [3.8, 4) is 0 Å². The number of hydrogen-bond donors (Lipinski definition) is 1. The average Bonchev–Trinajstić information content (AvgIpc) is 2.36. The van der Waals surface area contributed by atoms with Gasteiger partial charge in [-0.3, -0.25) is 0 Å². The number of methoxy groups -OCH3 is 1. The van der Waals surface area contributed by atoms with Crippen LogP contribution < -0.4 is 10.6 Å². The van der Waals surface area contributed by atoms with E-state index in [9.17, 15) is 0 Å². The van der Waals surface area contributed by atoms with Crippen molar-refractivity contribution in [2.45, 2.75) is 25.9 Å². The van der Waals surface area contributed by atoms with E-state index in [1.807, 2.05) is 6.92 Å². The van der Waals surface area contributed by atoms with Gasteiger partial charge in [-0.15, -0.1) is 0 Å². The molecule has 4 nitrogen and oxygen atoms in total. The van der Waals surface area contributed by atoms with Gasteiger partial charge in [0, 0.05) is 20.2 Å². The Balaban J connectivity index is 2.25. The lowest BCUT2D eigenvalue weighted by Gasteiger charge is -2.33. The molecular formula is C12H18BrN3O. The molecule has 0 aromatic carbocycles. The molecule has 2 heterocycles. The third-order valence-corrected chi connectivity index (χ3v) is 4.24. The van der Waals surface area contributed by atoms with Gasteiger partial charge in [-0.05, 0) is 41.3 Å². The van der Waals surface area contributed by atoms with E-state index in [1.54, 1.807) is 13.3 Å². The fraction of sp³-hybridized carbons (Fsp3) is 0.583. The lowest BCUT2D eigenvalue weighted by atomic mass is 10.1. The standard InChI is InChI=1S/C12H18BrN3O/c1-8-10(14)6-15-12(11(8)13)16-5-3-4-9(7-16)17-2/h6,9H,3-5,7,14H2,1-2H3. The molecule has 1 aromatic rings. The summed E-state index contributed by atoms with van der Waals surface area (Å²) in [5.41, 5.74) is 7.61. The lowest BCUT2D eigenvalue weighted by Crippen LogP contribution is -2.40. The van der Waals surface area contributed by atoms with Crippen molar-refractivity contribution in [1.29, 1.82) is 0 Å². The van der Waals surface area contributed by atoms with Crippen molar-refractivity contribution in [2.75, 3.05) is 30.8 Å². The van der Waals surface area contributed by atoms with Crippen LogP contribution in [0, 0.1) is 6.92 Å². The summed E-state index contributed by atoms with van der Waals surface area (Å²) in [5.74, 6) is 0.971. The number of nitrogens with two attached hydrogens (primary N) is 1. The number of aromatic nitrogens is 1. The van der Waals surface area contributed by atoms with E-state index in [0.717, 1.165) is 47.5 Å². The van der Waals surface area contributed by atoms with Crippen molar-refractivity contribution in [3.63, 3.8) is 0 Å². The Morgan fingerprint density at radius 1 is 1.59 bits per heavy atom. The maximum Gasteiger partial charge on any atom is 0.143 e. The summed E-state index contributed by atoms with van der Waals surface area (Å²) in [4.78, 5) is 6.69. The van der Waals surface area contributed by atoms with Gasteiger partial charge in [-0.2, -0.15) is 0 Å². The summed E-state index contributed by atoms with van der Waals surface area (Å²) >= 11 is 3.58. The van der Waals surface area contributed by atoms with Crippen molar-refractivity contribution in [3.05, 3.63) is 16.2 Å². The van der Waals surface area contributed by atoms with E-state index in [1.165, 1.54) is 0 Å². The molecule has 0 saturated carbocycles. The largest absolute Gasteiger partial charge is 0.397 e. The second-order valence-electron chi connectivity index (χ2n) is 4.42. The molecule has 94 valence electrons. The number of pyridine rings is 1. The van der Waals surface area contributed by atoms with Gasteiger partial charge in [0.25, 0.3) is 0 Å². The first kappa shape index (κ1) is 12.6. The molecule has 0 radical (unpaired) electrons. The first-order valence-corrected chi connectivity index (χ1v) is 6.61. The van der Waals surface area contributed by atoms with Gasteiger partial charge in [0.15, 0.2) is 0 Å². The Morgan fingerprint density at radius 3 is 3.06 bits per heavy atom. The maximum atomic E-state index is 5.84. The zero-order chi connectivity index (χ0) is 12.4. The summed E-state index contributed by atoms with van der Waals surface area (Å²) in [6.07, 6.45) is 4.29. The topological polar surface area (TPSA) is 51.4 Å². The van der Waals surface area contributed by atoms with E-state index in [4.69, 9.17) is 10.5 Å². The Morgan fingerprint density at radius 2 is 2.35 bits per heavy atom. The van der Waals surface area contributed by atoms with Crippen LogP contribution in [0.2, 0.25) is 0 Å². The normalized spacial score (nSPS) is 20.6. The highest BCUT2D eigenvalue weighted by Crippen LogP contribution is 2.32. The molecule has 1 aliphatic heterocycles. The molecule has 1 fully saturated rings. The fourth-order valence-electron chi connectivity index (χ4n) is 2.12. The molecule has 0 aliphatic carbocycles. The quantitative estimate of drug-likeness (QED) is 0.911. The average molecular weight is 300 g/mol. The minimum atomic E-state index is 0.301.